The number of rotatable bonds is 6. The number of hydrogen-bond acceptors (Lipinski definition) is 6. The van der Waals surface area contributed by atoms with Gasteiger partial charge in [0.15, 0.2) is 5.82 Å². The fourth-order valence-corrected chi connectivity index (χ4v) is 2.74. The summed E-state index contributed by atoms with van der Waals surface area (Å²) in [5.74, 6) is 1.12. The van der Waals surface area contributed by atoms with E-state index in [1.54, 1.807) is 31.8 Å². The van der Waals surface area contributed by atoms with Gasteiger partial charge in [0.2, 0.25) is 5.89 Å². The van der Waals surface area contributed by atoms with Crippen molar-refractivity contribution in [1.29, 1.82) is 0 Å². The van der Waals surface area contributed by atoms with E-state index in [1.807, 2.05) is 31.2 Å². The highest BCUT2D eigenvalue weighted by Gasteiger charge is 2.26. The molecule has 1 atom stereocenters. The molecule has 3 rings (SSSR count). The molecule has 0 aliphatic heterocycles. The Balaban J connectivity index is 1.98. The second kappa shape index (κ2) is 7.38. The van der Waals surface area contributed by atoms with E-state index in [1.165, 1.54) is 0 Å². The summed E-state index contributed by atoms with van der Waals surface area (Å²) in [5.41, 5.74) is 2.05. The molecule has 26 heavy (non-hydrogen) atoms. The lowest BCUT2D eigenvalue weighted by Crippen LogP contribution is -2.31. The van der Waals surface area contributed by atoms with Gasteiger partial charge in [-0.2, -0.15) is 10.1 Å². The van der Waals surface area contributed by atoms with Crippen LogP contribution in [0.1, 0.15) is 46.4 Å². The number of hydrogen-bond donors (Lipinski definition) is 1. The lowest BCUT2D eigenvalue weighted by Gasteiger charge is -2.18. The zero-order valence-corrected chi connectivity index (χ0v) is 15.2. The maximum atomic E-state index is 12.9. The van der Waals surface area contributed by atoms with Crippen molar-refractivity contribution >= 4 is 5.91 Å². The zero-order valence-electron chi connectivity index (χ0n) is 15.2. The van der Waals surface area contributed by atoms with E-state index in [0.717, 1.165) is 17.7 Å². The van der Waals surface area contributed by atoms with E-state index in [9.17, 15) is 4.79 Å². The number of carbonyl (C=O) groups is 1. The van der Waals surface area contributed by atoms with Gasteiger partial charge in [-0.25, -0.2) is 0 Å². The number of benzene rings is 1. The number of amides is 1. The van der Waals surface area contributed by atoms with Crippen LogP contribution in [0.25, 0.3) is 0 Å². The highest BCUT2D eigenvalue weighted by molar-refractivity contribution is 5.93. The Hall–Kier alpha value is -3.16. The van der Waals surface area contributed by atoms with Crippen molar-refractivity contribution in [2.24, 2.45) is 7.05 Å². The highest BCUT2D eigenvalue weighted by atomic mass is 16.5. The van der Waals surface area contributed by atoms with Crippen LogP contribution >= 0.6 is 0 Å². The first-order chi connectivity index (χ1) is 12.5. The second-order valence-corrected chi connectivity index (χ2v) is 5.82. The Morgan fingerprint density at radius 2 is 2.15 bits per heavy atom. The van der Waals surface area contributed by atoms with Crippen LogP contribution in [-0.4, -0.2) is 32.9 Å². The van der Waals surface area contributed by atoms with Crippen molar-refractivity contribution in [2.75, 3.05) is 7.11 Å². The molecule has 1 amide bonds. The number of carbonyl (C=O) groups excluding carboxylic acids is 1. The maximum absolute atomic E-state index is 12.9. The Labute approximate surface area is 151 Å². The summed E-state index contributed by atoms with van der Waals surface area (Å²) in [4.78, 5) is 17.1. The molecule has 8 nitrogen and oxygen atoms in total. The van der Waals surface area contributed by atoms with Crippen molar-refractivity contribution in [3.8, 4) is 5.75 Å². The standard InChI is InChI=1S/C18H21N5O3/c1-5-12-10-14(23(3)21-12)18(24)20-16(17-19-11(2)26-22-17)13-8-6-7-9-15(13)25-4/h6-10,16H,5H2,1-4H3,(H,20,24). The lowest BCUT2D eigenvalue weighted by molar-refractivity contribution is 0.0931. The smallest absolute Gasteiger partial charge is 0.270 e. The van der Waals surface area contributed by atoms with Crippen molar-refractivity contribution in [1.82, 2.24) is 25.2 Å². The van der Waals surface area contributed by atoms with Crippen molar-refractivity contribution < 1.29 is 14.1 Å². The largest absolute Gasteiger partial charge is 0.496 e. The third kappa shape index (κ3) is 3.44. The first kappa shape index (κ1) is 17.7. The van der Waals surface area contributed by atoms with Gasteiger partial charge in [-0.1, -0.05) is 30.3 Å². The molecule has 0 bridgehead atoms. The summed E-state index contributed by atoms with van der Waals surface area (Å²) in [6.45, 7) is 3.69. The molecule has 0 saturated carbocycles. The molecule has 0 radical (unpaired) electrons. The van der Waals surface area contributed by atoms with Crippen LogP contribution in [0.4, 0.5) is 0 Å². The number of ether oxygens (including phenoxy) is 1. The number of aromatic nitrogens is 4. The molecule has 2 aromatic heterocycles. The number of aryl methyl sites for hydroxylation is 3. The summed E-state index contributed by atoms with van der Waals surface area (Å²) in [6.07, 6.45) is 0.751. The number of methoxy groups -OCH3 is 1. The summed E-state index contributed by atoms with van der Waals surface area (Å²) < 4.78 is 12.1. The van der Waals surface area contributed by atoms with E-state index in [0.29, 0.717) is 23.2 Å². The van der Waals surface area contributed by atoms with Gasteiger partial charge in [-0.15, -0.1) is 0 Å². The molecular formula is C18H21N5O3. The first-order valence-corrected chi connectivity index (χ1v) is 8.30. The molecule has 1 unspecified atom stereocenters. The van der Waals surface area contributed by atoms with Crippen molar-refractivity contribution in [3.05, 3.63) is 59.0 Å². The van der Waals surface area contributed by atoms with Crippen LogP contribution in [0.3, 0.4) is 0 Å². The Morgan fingerprint density at radius 1 is 1.38 bits per heavy atom. The minimum atomic E-state index is -0.615. The van der Waals surface area contributed by atoms with E-state index in [2.05, 4.69) is 20.6 Å². The summed E-state index contributed by atoms with van der Waals surface area (Å²) >= 11 is 0. The van der Waals surface area contributed by atoms with Crippen molar-refractivity contribution in [3.63, 3.8) is 0 Å². The third-order valence-corrected chi connectivity index (χ3v) is 4.05. The van der Waals surface area contributed by atoms with Crippen molar-refractivity contribution in [2.45, 2.75) is 26.3 Å². The topological polar surface area (TPSA) is 95.1 Å². The van der Waals surface area contributed by atoms with Crippen LogP contribution in [0.2, 0.25) is 0 Å². The number of para-hydroxylation sites is 1. The molecule has 1 aromatic carbocycles. The lowest BCUT2D eigenvalue weighted by atomic mass is 10.0. The molecular weight excluding hydrogens is 334 g/mol. The van der Waals surface area contributed by atoms with E-state index in [4.69, 9.17) is 9.26 Å². The van der Waals surface area contributed by atoms with Gasteiger partial charge < -0.3 is 14.6 Å². The summed E-state index contributed by atoms with van der Waals surface area (Å²) in [6, 6.07) is 8.56. The van der Waals surface area contributed by atoms with E-state index in [-0.39, 0.29) is 5.91 Å². The molecule has 1 N–H and O–H groups in total. The summed E-state index contributed by atoms with van der Waals surface area (Å²) in [7, 11) is 3.32. The minimum Gasteiger partial charge on any atom is -0.496 e. The monoisotopic (exact) mass is 355 g/mol. The predicted octanol–water partition coefficient (Wildman–Crippen LogP) is 2.20. The van der Waals surface area contributed by atoms with Crippen LogP contribution in [0.5, 0.6) is 5.75 Å². The van der Waals surface area contributed by atoms with Gasteiger partial charge in [0.25, 0.3) is 5.91 Å². The third-order valence-electron chi connectivity index (χ3n) is 4.05. The van der Waals surface area contributed by atoms with Crippen LogP contribution in [0, 0.1) is 6.92 Å². The predicted molar refractivity (Wildman–Crippen MR) is 93.9 cm³/mol. The number of nitrogens with zero attached hydrogens (tertiary/aromatic N) is 4. The molecule has 0 fully saturated rings. The Kier molecular flexibility index (Phi) is 5.01. The average Bonchev–Trinajstić information content (AvgIpc) is 3.25. The number of nitrogens with one attached hydrogen (secondary N) is 1. The SMILES string of the molecule is CCc1cc(C(=O)NC(c2noc(C)n2)c2ccccc2OC)n(C)n1. The quantitative estimate of drug-likeness (QED) is 0.728. The fraction of sp³-hybridized carbons (Fsp3) is 0.333. The normalized spacial score (nSPS) is 12.0. The molecule has 0 aliphatic rings. The molecule has 8 heteroatoms. The molecule has 136 valence electrons. The molecule has 2 heterocycles. The van der Waals surface area contributed by atoms with Gasteiger partial charge in [0.05, 0.1) is 12.8 Å². The maximum Gasteiger partial charge on any atom is 0.270 e. The Morgan fingerprint density at radius 3 is 2.77 bits per heavy atom. The molecule has 0 saturated heterocycles. The Bertz CT molecular complexity index is 915. The van der Waals surface area contributed by atoms with Gasteiger partial charge in [-0.05, 0) is 18.6 Å². The van der Waals surface area contributed by atoms with Crippen LogP contribution in [0.15, 0.2) is 34.9 Å². The molecule has 0 spiro atoms. The first-order valence-electron chi connectivity index (χ1n) is 8.30. The average molecular weight is 355 g/mol. The summed E-state index contributed by atoms with van der Waals surface area (Å²) in [5, 5.41) is 11.3. The van der Waals surface area contributed by atoms with E-state index >= 15 is 0 Å². The molecule has 3 aromatic rings. The van der Waals surface area contributed by atoms with Crippen LogP contribution in [-0.2, 0) is 13.5 Å². The van der Waals surface area contributed by atoms with Gasteiger partial charge in [-0.3, -0.25) is 9.48 Å². The van der Waals surface area contributed by atoms with Gasteiger partial charge in [0, 0.05) is 19.5 Å². The second-order valence-electron chi connectivity index (χ2n) is 5.82. The zero-order chi connectivity index (χ0) is 18.7. The van der Waals surface area contributed by atoms with Gasteiger partial charge >= 0.3 is 0 Å². The van der Waals surface area contributed by atoms with E-state index < -0.39 is 6.04 Å². The highest BCUT2D eigenvalue weighted by Crippen LogP contribution is 2.28. The fourth-order valence-electron chi connectivity index (χ4n) is 2.74. The van der Waals surface area contributed by atoms with Crippen LogP contribution < -0.4 is 10.1 Å². The minimum absolute atomic E-state index is 0.280. The van der Waals surface area contributed by atoms with Gasteiger partial charge in [0.1, 0.15) is 17.5 Å². The molecule has 0 aliphatic carbocycles.